The van der Waals surface area contributed by atoms with Crippen molar-refractivity contribution in [3.05, 3.63) is 59.5 Å². The van der Waals surface area contributed by atoms with Crippen LogP contribution in [0, 0.1) is 18.7 Å². The number of hydrogen-bond acceptors (Lipinski definition) is 3. The van der Waals surface area contributed by atoms with Gasteiger partial charge in [-0.2, -0.15) is 0 Å². The molecule has 31 heavy (non-hydrogen) atoms. The Morgan fingerprint density at radius 2 is 1.84 bits per heavy atom. The summed E-state index contributed by atoms with van der Waals surface area (Å²) in [5, 5.41) is 3.32. The largest absolute Gasteiger partial charge is 0.368 e. The minimum atomic E-state index is -0.350. The number of piperazine rings is 1. The Bertz CT molecular complexity index is 1120. The average Bonchev–Trinajstić information content (AvgIpc) is 3.53. The molecule has 1 saturated heterocycles. The van der Waals surface area contributed by atoms with E-state index < -0.39 is 0 Å². The molecule has 3 aromatic rings. The van der Waals surface area contributed by atoms with Gasteiger partial charge in [-0.3, -0.25) is 9.59 Å². The molecule has 0 atom stereocenters. The van der Waals surface area contributed by atoms with Crippen LogP contribution in [0.15, 0.2) is 42.5 Å². The van der Waals surface area contributed by atoms with Crippen molar-refractivity contribution in [1.29, 1.82) is 0 Å². The Kier molecular flexibility index (Phi) is 4.88. The first-order valence-corrected chi connectivity index (χ1v) is 10.7. The summed E-state index contributed by atoms with van der Waals surface area (Å²) < 4.78 is 14.1. The standard InChI is InChI=1S/C24H25FN4O2/c1-15-5-8-20(25)19-14-21(27-22(15)19)23(30)26-17-3-2-4-18(13-17)28-9-11-29(12-10-28)24(31)16-6-7-16/h2-5,8,13-14,16,27H,6-7,9-12H2,1H3,(H,26,30). The van der Waals surface area contributed by atoms with Crippen LogP contribution >= 0.6 is 0 Å². The predicted octanol–water partition coefficient (Wildman–Crippen LogP) is 3.93. The quantitative estimate of drug-likeness (QED) is 0.672. The van der Waals surface area contributed by atoms with E-state index in [-0.39, 0.29) is 17.6 Å². The molecule has 1 aliphatic heterocycles. The maximum absolute atomic E-state index is 14.1. The molecule has 2 aromatic carbocycles. The van der Waals surface area contributed by atoms with Crippen LogP contribution in [0.1, 0.15) is 28.9 Å². The third-order valence-electron chi connectivity index (χ3n) is 6.18. The fourth-order valence-corrected chi connectivity index (χ4v) is 4.20. The lowest BCUT2D eigenvalue weighted by Gasteiger charge is -2.36. The van der Waals surface area contributed by atoms with Gasteiger partial charge in [0.1, 0.15) is 11.5 Å². The molecule has 1 aliphatic carbocycles. The fourth-order valence-electron chi connectivity index (χ4n) is 4.20. The van der Waals surface area contributed by atoms with Crippen LogP contribution in [-0.2, 0) is 4.79 Å². The summed E-state index contributed by atoms with van der Waals surface area (Å²) in [4.78, 5) is 32.2. The van der Waals surface area contributed by atoms with Gasteiger partial charge >= 0.3 is 0 Å². The minimum absolute atomic E-state index is 0.256. The lowest BCUT2D eigenvalue weighted by atomic mass is 10.1. The summed E-state index contributed by atoms with van der Waals surface area (Å²) in [6, 6.07) is 12.3. The Morgan fingerprint density at radius 1 is 1.06 bits per heavy atom. The van der Waals surface area contributed by atoms with Crippen molar-refractivity contribution in [1.82, 2.24) is 9.88 Å². The van der Waals surface area contributed by atoms with E-state index in [2.05, 4.69) is 15.2 Å². The number of rotatable bonds is 4. The van der Waals surface area contributed by atoms with E-state index in [1.807, 2.05) is 36.1 Å². The van der Waals surface area contributed by atoms with Gasteiger partial charge in [-0.1, -0.05) is 12.1 Å². The summed E-state index contributed by atoms with van der Waals surface area (Å²) in [6.07, 6.45) is 2.06. The molecular formula is C24H25FN4O2. The van der Waals surface area contributed by atoms with Gasteiger partial charge in [-0.05, 0) is 55.7 Å². The third-order valence-corrected chi connectivity index (χ3v) is 6.18. The smallest absolute Gasteiger partial charge is 0.272 e. The van der Waals surface area contributed by atoms with Crippen LogP contribution in [-0.4, -0.2) is 47.9 Å². The molecule has 2 fully saturated rings. The van der Waals surface area contributed by atoms with Gasteiger partial charge in [0.2, 0.25) is 5.91 Å². The van der Waals surface area contributed by atoms with E-state index in [0.29, 0.717) is 28.2 Å². The highest BCUT2D eigenvalue weighted by molar-refractivity contribution is 6.06. The first-order chi connectivity index (χ1) is 15.0. The fraction of sp³-hybridized carbons (Fsp3) is 0.333. The highest BCUT2D eigenvalue weighted by Crippen LogP contribution is 2.31. The summed E-state index contributed by atoms with van der Waals surface area (Å²) in [6.45, 7) is 4.88. The van der Waals surface area contributed by atoms with Gasteiger partial charge in [-0.15, -0.1) is 0 Å². The van der Waals surface area contributed by atoms with Crippen LogP contribution in [0.2, 0.25) is 0 Å². The molecular weight excluding hydrogens is 395 g/mol. The summed E-state index contributed by atoms with van der Waals surface area (Å²) >= 11 is 0. The molecule has 7 heteroatoms. The number of nitrogens with one attached hydrogen (secondary N) is 2. The number of carbonyl (C=O) groups is 2. The monoisotopic (exact) mass is 420 g/mol. The van der Waals surface area contributed by atoms with Gasteiger partial charge in [0.05, 0.1) is 5.52 Å². The van der Waals surface area contributed by atoms with E-state index in [9.17, 15) is 14.0 Å². The molecule has 2 aliphatic rings. The van der Waals surface area contributed by atoms with E-state index >= 15 is 0 Å². The van der Waals surface area contributed by atoms with Crippen molar-refractivity contribution in [2.45, 2.75) is 19.8 Å². The number of aryl methyl sites for hydroxylation is 1. The van der Waals surface area contributed by atoms with Crippen LogP contribution in [0.3, 0.4) is 0 Å². The predicted molar refractivity (Wildman–Crippen MR) is 119 cm³/mol. The minimum Gasteiger partial charge on any atom is -0.368 e. The molecule has 1 saturated carbocycles. The normalized spacial score (nSPS) is 16.6. The van der Waals surface area contributed by atoms with Crippen LogP contribution in [0.25, 0.3) is 10.9 Å². The van der Waals surface area contributed by atoms with Crippen molar-refractivity contribution in [3.8, 4) is 0 Å². The second kappa shape index (κ2) is 7.72. The van der Waals surface area contributed by atoms with E-state index in [4.69, 9.17) is 0 Å². The van der Waals surface area contributed by atoms with Gasteiger partial charge in [0.25, 0.3) is 5.91 Å². The molecule has 0 radical (unpaired) electrons. The van der Waals surface area contributed by atoms with Crippen molar-refractivity contribution in [3.63, 3.8) is 0 Å². The number of halogens is 1. The summed E-state index contributed by atoms with van der Waals surface area (Å²) in [7, 11) is 0. The first kappa shape index (κ1) is 19.6. The third kappa shape index (κ3) is 3.87. The highest BCUT2D eigenvalue weighted by Gasteiger charge is 2.34. The maximum Gasteiger partial charge on any atom is 0.272 e. The van der Waals surface area contributed by atoms with E-state index in [1.54, 1.807) is 12.1 Å². The summed E-state index contributed by atoms with van der Waals surface area (Å²) in [5.41, 5.74) is 3.53. The number of amides is 2. The molecule has 2 amide bonds. The Labute approximate surface area is 180 Å². The first-order valence-electron chi connectivity index (χ1n) is 10.7. The van der Waals surface area contributed by atoms with Gasteiger partial charge in [-0.25, -0.2) is 4.39 Å². The lowest BCUT2D eigenvalue weighted by Crippen LogP contribution is -2.49. The van der Waals surface area contributed by atoms with Gasteiger partial charge in [0, 0.05) is 48.9 Å². The molecule has 0 spiro atoms. The second-order valence-electron chi connectivity index (χ2n) is 8.43. The maximum atomic E-state index is 14.1. The highest BCUT2D eigenvalue weighted by atomic mass is 19.1. The van der Waals surface area contributed by atoms with E-state index in [1.165, 1.54) is 6.07 Å². The second-order valence-corrected chi connectivity index (χ2v) is 8.43. The molecule has 2 heterocycles. The van der Waals surface area contributed by atoms with Gasteiger partial charge in [0.15, 0.2) is 0 Å². The zero-order valence-corrected chi connectivity index (χ0v) is 17.5. The van der Waals surface area contributed by atoms with Crippen molar-refractivity contribution >= 4 is 34.1 Å². The topological polar surface area (TPSA) is 68.4 Å². The van der Waals surface area contributed by atoms with E-state index in [0.717, 1.165) is 50.3 Å². The zero-order valence-electron chi connectivity index (χ0n) is 17.5. The molecule has 5 rings (SSSR count). The molecule has 0 bridgehead atoms. The zero-order chi connectivity index (χ0) is 21.5. The van der Waals surface area contributed by atoms with Crippen molar-refractivity contribution in [2.75, 3.05) is 36.4 Å². The van der Waals surface area contributed by atoms with Gasteiger partial charge < -0.3 is 20.1 Å². The number of aromatic nitrogens is 1. The SMILES string of the molecule is Cc1ccc(F)c2cc(C(=O)Nc3cccc(N4CCN(C(=O)C5CC5)CC4)c3)[nH]c12. The number of nitrogens with zero attached hydrogens (tertiary/aromatic N) is 2. The number of benzene rings is 2. The molecule has 0 unspecified atom stereocenters. The average molecular weight is 420 g/mol. The number of aromatic amines is 1. The van der Waals surface area contributed by atoms with Crippen molar-refractivity contribution < 1.29 is 14.0 Å². The summed E-state index contributed by atoms with van der Waals surface area (Å²) in [5.74, 6) is -0.109. The van der Waals surface area contributed by atoms with Crippen molar-refractivity contribution in [2.24, 2.45) is 5.92 Å². The Balaban J connectivity index is 1.27. The number of carbonyl (C=O) groups excluding carboxylic acids is 2. The Morgan fingerprint density at radius 3 is 2.55 bits per heavy atom. The number of fused-ring (bicyclic) bond motifs is 1. The van der Waals surface area contributed by atoms with Crippen LogP contribution in [0.4, 0.5) is 15.8 Å². The number of anilines is 2. The lowest BCUT2D eigenvalue weighted by molar-refractivity contribution is -0.132. The molecule has 6 nitrogen and oxygen atoms in total. The van der Waals surface area contributed by atoms with Crippen LogP contribution in [0.5, 0.6) is 0 Å². The molecule has 160 valence electrons. The number of hydrogen-bond donors (Lipinski definition) is 2. The number of H-pyrrole nitrogens is 1. The van der Waals surface area contributed by atoms with Crippen LogP contribution < -0.4 is 10.2 Å². The Hall–Kier alpha value is -3.35. The molecule has 2 N–H and O–H groups in total. The molecule has 1 aromatic heterocycles.